The summed E-state index contributed by atoms with van der Waals surface area (Å²) < 4.78 is 0. The van der Waals surface area contributed by atoms with Gasteiger partial charge in [-0.1, -0.05) is 0 Å². The predicted octanol–water partition coefficient (Wildman–Crippen LogP) is -17.6. The summed E-state index contributed by atoms with van der Waals surface area (Å²) in [4.78, 5) is 30.0. The summed E-state index contributed by atoms with van der Waals surface area (Å²) in [5.41, 5.74) is -2.97. The van der Waals surface area contributed by atoms with Crippen molar-refractivity contribution < 1.29 is 136 Å². The molecule has 7 nitrogen and oxygen atoms in total. The number of rotatable bonds is 5. The fourth-order valence-electron chi connectivity index (χ4n) is 0.684. The fourth-order valence-corrected chi connectivity index (χ4v) is 0.684. The zero-order valence-corrected chi connectivity index (χ0v) is 19.4. The normalized spacial score (nSPS) is 7.83. The smallest absolute Gasteiger partial charge is 1.00 e. The summed E-state index contributed by atoms with van der Waals surface area (Å²) in [6.07, 6.45) is -2.72. The van der Waals surface area contributed by atoms with Gasteiger partial charge in [-0.3, -0.25) is 0 Å². The second kappa shape index (κ2) is 18.0. The average Bonchev–Trinajstić information content (AvgIpc) is 1.82. The average molecular weight is 334 g/mol. The van der Waals surface area contributed by atoms with Gasteiger partial charge in [0.1, 0.15) is 5.60 Å². The van der Waals surface area contributed by atoms with E-state index in [0.717, 1.165) is 0 Å². The number of carbonyl (C=O) groups excluding carboxylic acids is 3. The first kappa shape index (κ1) is 37.3. The van der Waals surface area contributed by atoms with E-state index >= 15 is 0 Å². The molecule has 0 aliphatic rings. The zero-order valence-electron chi connectivity index (χ0n) is 10.4. The molecule has 0 aliphatic carbocycles. The van der Waals surface area contributed by atoms with Gasteiger partial charge in [-0.2, -0.15) is 0 Å². The molecule has 12 heteroatoms. The van der Waals surface area contributed by atoms with Gasteiger partial charge in [0.05, 0.1) is 5.97 Å². The standard InChI is InChI=1S/C6H8O7.Ca.ClH.3Na/c7-3(8)1-6(13,5(11)12)2-4(9)10;;;;;/h13H,1-2H2,(H,7,8)(H,9,10)(H,11,12);;1H;;;/q;+2;;3*+1/p-4. The molecular formula is C6H5CaClNa3O7+. The van der Waals surface area contributed by atoms with E-state index in [-0.39, 0.29) is 139 Å². The molecule has 1 N–H and O–H groups in total. The quantitative estimate of drug-likeness (QED) is 0.492. The molecule has 0 aromatic heterocycles. The number of carbonyl (C=O) groups is 3. The van der Waals surface area contributed by atoms with Gasteiger partial charge in [0.25, 0.3) is 0 Å². The third-order valence-electron chi connectivity index (χ3n) is 1.25. The first-order valence-corrected chi connectivity index (χ1v) is 3.11. The Balaban J connectivity index is -0.0000000720. The summed E-state index contributed by atoms with van der Waals surface area (Å²) in [7, 11) is 0. The Kier molecular flexibility index (Phi) is 37.2. The van der Waals surface area contributed by atoms with Crippen molar-refractivity contribution in [3.63, 3.8) is 0 Å². The Morgan fingerprint density at radius 3 is 1.22 bits per heavy atom. The van der Waals surface area contributed by atoms with Crippen molar-refractivity contribution in [3.05, 3.63) is 0 Å². The Hall–Kier alpha value is 2.92. The van der Waals surface area contributed by atoms with E-state index in [9.17, 15) is 29.7 Å². The minimum atomic E-state index is -2.97. The van der Waals surface area contributed by atoms with Gasteiger partial charge < -0.3 is 47.2 Å². The molecule has 0 spiro atoms. The summed E-state index contributed by atoms with van der Waals surface area (Å²) in [6, 6.07) is 0. The van der Waals surface area contributed by atoms with Crippen molar-refractivity contribution in [3.8, 4) is 0 Å². The fraction of sp³-hybridized carbons (Fsp3) is 0.500. The molecule has 0 atom stereocenters. The van der Waals surface area contributed by atoms with Gasteiger partial charge in [0, 0.05) is 24.8 Å². The van der Waals surface area contributed by atoms with Crippen molar-refractivity contribution in [1.29, 1.82) is 0 Å². The van der Waals surface area contributed by atoms with Crippen LogP contribution in [0.4, 0.5) is 0 Å². The topological polar surface area (TPSA) is 141 Å². The number of hydrogen-bond acceptors (Lipinski definition) is 7. The third kappa shape index (κ3) is 17.0. The molecule has 0 unspecified atom stereocenters. The van der Waals surface area contributed by atoms with Crippen LogP contribution >= 0.6 is 0 Å². The van der Waals surface area contributed by atoms with Crippen LogP contribution in [0.15, 0.2) is 0 Å². The molecule has 0 aromatic carbocycles. The molecule has 0 fully saturated rings. The van der Waals surface area contributed by atoms with Crippen LogP contribution in [-0.4, -0.2) is 66.4 Å². The van der Waals surface area contributed by atoms with E-state index in [0.29, 0.717) is 0 Å². The Morgan fingerprint density at radius 2 is 1.11 bits per heavy atom. The van der Waals surface area contributed by atoms with Crippen molar-refractivity contribution >= 4 is 55.6 Å². The minimum absolute atomic E-state index is 0. The molecule has 0 aromatic rings. The first-order valence-electron chi connectivity index (χ1n) is 3.11. The monoisotopic (exact) mass is 333 g/mol. The predicted molar refractivity (Wildman–Crippen MR) is 35.0 cm³/mol. The van der Waals surface area contributed by atoms with Gasteiger partial charge in [0.2, 0.25) is 0 Å². The van der Waals surface area contributed by atoms with Crippen molar-refractivity contribution in [1.82, 2.24) is 0 Å². The third-order valence-corrected chi connectivity index (χ3v) is 1.25. The van der Waals surface area contributed by atoms with Gasteiger partial charge in [-0.15, -0.1) is 0 Å². The maximum absolute atomic E-state index is 10.1. The molecule has 82 valence electrons. The van der Waals surface area contributed by atoms with Gasteiger partial charge in [-0.05, 0) is 0 Å². The second-order valence-corrected chi connectivity index (χ2v) is 2.42. The summed E-state index contributed by atoms with van der Waals surface area (Å²) in [5, 5.41) is 38.9. The van der Waals surface area contributed by atoms with Gasteiger partial charge >= 0.3 is 126 Å². The minimum Gasteiger partial charge on any atom is -1.00 e. The van der Waals surface area contributed by atoms with E-state index in [1.54, 1.807) is 0 Å². The van der Waals surface area contributed by atoms with Crippen molar-refractivity contribution in [2.45, 2.75) is 18.4 Å². The number of carboxylic acid groups (broad SMARTS) is 3. The number of aliphatic hydroxyl groups is 1. The molecule has 0 radical (unpaired) electrons. The van der Waals surface area contributed by atoms with Gasteiger partial charge in [0.15, 0.2) is 0 Å². The molecule has 18 heavy (non-hydrogen) atoms. The van der Waals surface area contributed by atoms with Crippen LogP contribution in [0, 0.1) is 0 Å². The molecule has 0 bridgehead atoms. The number of hydrogen-bond donors (Lipinski definition) is 1. The number of halogens is 1. The van der Waals surface area contributed by atoms with Crippen LogP contribution in [0.5, 0.6) is 0 Å². The molecular weight excluding hydrogens is 329 g/mol. The van der Waals surface area contributed by atoms with E-state index in [1.807, 2.05) is 0 Å². The molecule has 0 saturated heterocycles. The first-order chi connectivity index (χ1) is 5.78. The zero-order chi connectivity index (χ0) is 10.6. The van der Waals surface area contributed by atoms with Crippen molar-refractivity contribution in [2.24, 2.45) is 0 Å². The SMILES string of the molecule is O=C([O-])CC(O)(CC(=O)[O-])C(=O)[O-].[Ca+2].[Cl-].[Na+].[Na+].[Na+]. The van der Waals surface area contributed by atoms with Crippen LogP contribution < -0.4 is 116 Å². The molecule has 0 heterocycles. The largest absolute Gasteiger partial charge is 2.00 e. The van der Waals surface area contributed by atoms with Gasteiger partial charge in [-0.25, -0.2) is 0 Å². The van der Waals surface area contributed by atoms with E-state index in [2.05, 4.69) is 0 Å². The van der Waals surface area contributed by atoms with E-state index in [1.165, 1.54) is 0 Å². The summed E-state index contributed by atoms with van der Waals surface area (Å²) in [5.74, 6) is -5.98. The Labute approximate surface area is 206 Å². The Bertz CT molecular complexity index is 250. The van der Waals surface area contributed by atoms with Crippen LogP contribution in [-0.2, 0) is 14.4 Å². The maximum Gasteiger partial charge on any atom is 2.00 e. The van der Waals surface area contributed by atoms with Crippen LogP contribution in [0.3, 0.4) is 0 Å². The van der Waals surface area contributed by atoms with E-state index in [4.69, 9.17) is 5.11 Å². The Morgan fingerprint density at radius 1 is 0.889 bits per heavy atom. The second-order valence-electron chi connectivity index (χ2n) is 2.42. The number of carboxylic acids is 3. The van der Waals surface area contributed by atoms with Crippen LogP contribution in [0.1, 0.15) is 12.8 Å². The summed E-state index contributed by atoms with van der Waals surface area (Å²) in [6.45, 7) is 0. The molecule has 0 rings (SSSR count). The summed E-state index contributed by atoms with van der Waals surface area (Å²) >= 11 is 0. The van der Waals surface area contributed by atoms with E-state index < -0.39 is 36.4 Å². The van der Waals surface area contributed by atoms with Crippen molar-refractivity contribution in [2.75, 3.05) is 0 Å². The van der Waals surface area contributed by atoms with Crippen LogP contribution in [0.2, 0.25) is 0 Å². The molecule has 0 aliphatic heterocycles. The molecule has 0 amide bonds. The maximum atomic E-state index is 10.1. The van der Waals surface area contributed by atoms with Crippen LogP contribution in [0.25, 0.3) is 0 Å². The number of aliphatic carboxylic acids is 3. The molecule has 0 saturated carbocycles.